The molecule has 0 saturated carbocycles. The number of rotatable bonds is 7. The van der Waals surface area contributed by atoms with Crippen LogP contribution in [0.3, 0.4) is 0 Å². The Bertz CT molecular complexity index is 649. The van der Waals surface area contributed by atoms with E-state index in [-0.39, 0.29) is 11.8 Å². The Balaban J connectivity index is 1.99. The Morgan fingerprint density at radius 1 is 1.35 bits per heavy atom. The number of benzene rings is 1. The van der Waals surface area contributed by atoms with E-state index in [0.29, 0.717) is 6.54 Å². The van der Waals surface area contributed by atoms with Crippen LogP contribution in [0.5, 0.6) is 5.75 Å². The van der Waals surface area contributed by atoms with Gasteiger partial charge in [0, 0.05) is 24.8 Å². The van der Waals surface area contributed by atoms with Crippen molar-refractivity contribution in [2.45, 2.75) is 46.9 Å². The molecule has 124 valence electrons. The molecule has 0 aliphatic carbocycles. The van der Waals surface area contributed by atoms with Gasteiger partial charge in [0.05, 0.1) is 6.20 Å². The van der Waals surface area contributed by atoms with Gasteiger partial charge >= 0.3 is 0 Å². The number of amides is 1. The van der Waals surface area contributed by atoms with E-state index in [1.807, 2.05) is 62.8 Å². The van der Waals surface area contributed by atoms with Gasteiger partial charge in [0.2, 0.25) is 0 Å². The maximum Gasteiger partial charge on any atom is 0.261 e. The summed E-state index contributed by atoms with van der Waals surface area (Å²) in [5.74, 6) is 0.723. The molecule has 0 spiro atoms. The molecule has 2 rings (SSSR count). The summed E-state index contributed by atoms with van der Waals surface area (Å²) in [7, 11) is 0. The Morgan fingerprint density at radius 2 is 2.09 bits per heavy atom. The fourth-order valence-corrected chi connectivity index (χ4v) is 2.28. The first-order valence-corrected chi connectivity index (χ1v) is 8.02. The lowest BCUT2D eigenvalue weighted by Gasteiger charge is -2.22. The number of aryl methyl sites for hydroxylation is 2. The molecule has 5 nitrogen and oxygen atoms in total. The van der Waals surface area contributed by atoms with E-state index in [9.17, 15) is 4.79 Å². The standard InChI is InChI=1S/C18H25N3O2/c1-5-21-12-15(11-20-21)10-19-18(22)17(13(2)3)23-16-9-7-6-8-14(16)4/h6-9,11-13,17H,5,10H2,1-4H3,(H,19,22)/t17-/m1/s1. The van der Waals surface area contributed by atoms with Crippen molar-refractivity contribution in [3.05, 3.63) is 47.8 Å². The summed E-state index contributed by atoms with van der Waals surface area (Å²) in [5.41, 5.74) is 2.01. The van der Waals surface area contributed by atoms with E-state index in [2.05, 4.69) is 10.4 Å². The van der Waals surface area contributed by atoms with Gasteiger partial charge in [0.1, 0.15) is 5.75 Å². The summed E-state index contributed by atoms with van der Waals surface area (Å²) < 4.78 is 7.79. The highest BCUT2D eigenvalue weighted by molar-refractivity contribution is 5.81. The second-order valence-corrected chi connectivity index (χ2v) is 5.97. The number of nitrogens with zero attached hydrogens (tertiary/aromatic N) is 2. The first-order valence-electron chi connectivity index (χ1n) is 8.02. The molecule has 0 saturated heterocycles. The van der Waals surface area contributed by atoms with Crippen molar-refractivity contribution in [2.24, 2.45) is 5.92 Å². The Morgan fingerprint density at radius 3 is 2.70 bits per heavy atom. The molecule has 23 heavy (non-hydrogen) atoms. The normalized spacial score (nSPS) is 12.2. The van der Waals surface area contributed by atoms with Gasteiger partial charge in [-0.3, -0.25) is 9.48 Å². The summed E-state index contributed by atoms with van der Waals surface area (Å²) in [5, 5.41) is 7.15. The third kappa shape index (κ3) is 4.58. The second kappa shape index (κ2) is 7.81. The van der Waals surface area contributed by atoms with Crippen LogP contribution in [0.15, 0.2) is 36.7 Å². The summed E-state index contributed by atoms with van der Waals surface area (Å²) in [6.45, 7) is 9.25. The molecular weight excluding hydrogens is 290 g/mol. The third-order valence-electron chi connectivity index (χ3n) is 3.69. The van der Waals surface area contributed by atoms with Crippen molar-refractivity contribution in [2.75, 3.05) is 0 Å². The van der Waals surface area contributed by atoms with E-state index >= 15 is 0 Å². The first kappa shape index (κ1) is 17.1. The molecular formula is C18H25N3O2. The smallest absolute Gasteiger partial charge is 0.261 e. The molecule has 1 atom stereocenters. The van der Waals surface area contributed by atoms with E-state index < -0.39 is 6.10 Å². The topological polar surface area (TPSA) is 56.2 Å². The number of carbonyl (C=O) groups is 1. The maximum atomic E-state index is 12.5. The van der Waals surface area contributed by atoms with Crippen LogP contribution < -0.4 is 10.1 Å². The predicted octanol–water partition coefficient (Wildman–Crippen LogP) is 2.93. The molecule has 0 radical (unpaired) electrons. The lowest BCUT2D eigenvalue weighted by atomic mass is 10.1. The van der Waals surface area contributed by atoms with Crippen molar-refractivity contribution >= 4 is 5.91 Å². The quantitative estimate of drug-likeness (QED) is 0.854. The zero-order valence-corrected chi connectivity index (χ0v) is 14.2. The van der Waals surface area contributed by atoms with E-state index in [4.69, 9.17) is 4.74 Å². The molecule has 1 N–H and O–H groups in total. The molecule has 1 heterocycles. The van der Waals surface area contributed by atoms with Gasteiger partial charge in [-0.1, -0.05) is 32.0 Å². The fourth-order valence-electron chi connectivity index (χ4n) is 2.28. The van der Waals surface area contributed by atoms with Gasteiger partial charge in [0.25, 0.3) is 5.91 Å². The number of para-hydroxylation sites is 1. The highest BCUT2D eigenvalue weighted by Crippen LogP contribution is 2.20. The minimum absolute atomic E-state index is 0.0768. The van der Waals surface area contributed by atoms with Crippen molar-refractivity contribution < 1.29 is 9.53 Å². The minimum Gasteiger partial charge on any atom is -0.480 e. The average molecular weight is 315 g/mol. The lowest BCUT2D eigenvalue weighted by molar-refractivity contribution is -0.130. The molecule has 0 fully saturated rings. The zero-order chi connectivity index (χ0) is 16.8. The number of aromatic nitrogens is 2. The Hall–Kier alpha value is -2.30. The molecule has 0 aliphatic rings. The monoisotopic (exact) mass is 315 g/mol. The molecule has 0 aliphatic heterocycles. The second-order valence-electron chi connectivity index (χ2n) is 5.97. The molecule has 1 aromatic heterocycles. The van der Waals surface area contributed by atoms with Gasteiger partial charge in [-0.15, -0.1) is 0 Å². The largest absolute Gasteiger partial charge is 0.480 e. The third-order valence-corrected chi connectivity index (χ3v) is 3.69. The molecule has 5 heteroatoms. The van der Waals surface area contributed by atoms with Crippen LogP contribution in [-0.2, 0) is 17.9 Å². The van der Waals surface area contributed by atoms with Crippen LogP contribution in [0, 0.1) is 12.8 Å². The summed E-state index contributed by atoms with van der Waals surface area (Å²) in [4.78, 5) is 12.5. The van der Waals surface area contributed by atoms with Crippen LogP contribution in [0.25, 0.3) is 0 Å². The number of hydrogen-bond donors (Lipinski definition) is 1. The Labute approximate surface area is 137 Å². The molecule has 1 aromatic carbocycles. The summed E-state index contributed by atoms with van der Waals surface area (Å²) in [6, 6.07) is 7.74. The predicted molar refractivity (Wildman–Crippen MR) is 90.2 cm³/mol. The number of carbonyl (C=O) groups excluding carboxylic acids is 1. The molecule has 0 unspecified atom stereocenters. The number of ether oxygens (including phenoxy) is 1. The van der Waals surface area contributed by atoms with Crippen molar-refractivity contribution in [3.63, 3.8) is 0 Å². The average Bonchev–Trinajstić information content (AvgIpc) is 2.99. The number of nitrogens with one attached hydrogen (secondary N) is 1. The van der Waals surface area contributed by atoms with Crippen LogP contribution in [0.2, 0.25) is 0 Å². The van der Waals surface area contributed by atoms with Gasteiger partial charge in [-0.05, 0) is 31.4 Å². The molecule has 1 amide bonds. The van der Waals surface area contributed by atoms with Crippen LogP contribution in [0.1, 0.15) is 31.9 Å². The molecule has 0 bridgehead atoms. The number of hydrogen-bond acceptors (Lipinski definition) is 3. The molecule has 2 aromatic rings. The van der Waals surface area contributed by atoms with Crippen molar-refractivity contribution in [1.82, 2.24) is 15.1 Å². The summed E-state index contributed by atoms with van der Waals surface area (Å²) >= 11 is 0. The van der Waals surface area contributed by atoms with Crippen LogP contribution in [0.4, 0.5) is 0 Å². The summed E-state index contributed by atoms with van der Waals surface area (Å²) in [6.07, 6.45) is 3.20. The van der Waals surface area contributed by atoms with Crippen LogP contribution in [-0.4, -0.2) is 21.8 Å². The zero-order valence-electron chi connectivity index (χ0n) is 14.2. The fraction of sp³-hybridized carbons (Fsp3) is 0.444. The maximum absolute atomic E-state index is 12.5. The highest BCUT2D eigenvalue weighted by Gasteiger charge is 2.24. The van der Waals surface area contributed by atoms with Gasteiger partial charge < -0.3 is 10.1 Å². The van der Waals surface area contributed by atoms with Gasteiger partial charge in [0.15, 0.2) is 6.10 Å². The van der Waals surface area contributed by atoms with E-state index in [1.54, 1.807) is 6.20 Å². The van der Waals surface area contributed by atoms with E-state index in [1.165, 1.54) is 0 Å². The SMILES string of the molecule is CCn1cc(CNC(=O)[C@H](Oc2ccccc2C)C(C)C)cn1. The van der Waals surface area contributed by atoms with Gasteiger partial charge in [-0.25, -0.2) is 0 Å². The van der Waals surface area contributed by atoms with Gasteiger partial charge in [-0.2, -0.15) is 5.10 Å². The Kier molecular flexibility index (Phi) is 5.79. The minimum atomic E-state index is -0.516. The highest BCUT2D eigenvalue weighted by atomic mass is 16.5. The van der Waals surface area contributed by atoms with Crippen molar-refractivity contribution in [1.29, 1.82) is 0 Å². The van der Waals surface area contributed by atoms with Crippen LogP contribution >= 0.6 is 0 Å². The first-order chi connectivity index (χ1) is 11.0. The van der Waals surface area contributed by atoms with E-state index in [0.717, 1.165) is 23.4 Å². The lowest BCUT2D eigenvalue weighted by Crippen LogP contribution is -2.41. The van der Waals surface area contributed by atoms with Crippen molar-refractivity contribution in [3.8, 4) is 5.75 Å².